The second kappa shape index (κ2) is 6.90. The Morgan fingerprint density at radius 3 is 2.89 bits per heavy atom. The monoisotopic (exact) mass is 265 g/mol. The Morgan fingerprint density at radius 2 is 2.22 bits per heavy atom. The van der Waals surface area contributed by atoms with Crippen LogP contribution in [0.15, 0.2) is 18.3 Å². The van der Waals surface area contributed by atoms with Crippen molar-refractivity contribution in [3.8, 4) is 0 Å². The summed E-state index contributed by atoms with van der Waals surface area (Å²) in [5.74, 6) is 0. The standard InChI is InChI=1S/C14H23N3S/c1-3-17(4-2)14-16-11-13(18-14)10-15-12-8-6-5-7-9-12/h5-6,11-12,15H,3-4,7-10H2,1-2H3. The van der Waals surface area contributed by atoms with Gasteiger partial charge in [-0.1, -0.05) is 12.2 Å². The lowest BCUT2D eigenvalue weighted by atomic mass is 10.0. The summed E-state index contributed by atoms with van der Waals surface area (Å²) in [7, 11) is 0. The van der Waals surface area contributed by atoms with Crippen molar-refractivity contribution < 1.29 is 0 Å². The van der Waals surface area contributed by atoms with Crippen molar-refractivity contribution in [3.05, 3.63) is 23.2 Å². The molecule has 4 heteroatoms. The highest BCUT2D eigenvalue weighted by molar-refractivity contribution is 7.15. The van der Waals surface area contributed by atoms with Crippen molar-refractivity contribution in [3.63, 3.8) is 0 Å². The molecule has 1 aliphatic carbocycles. The zero-order chi connectivity index (χ0) is 12.8. The van der Waals surface area contributed by atoms with E-state index in [4.69, 9.17) is 0 Å². The van der Waals surface area contributed by atoms with E-state index in [9.17, 15) is 0 Å². The van der Waals surface area contributed by atoms with E-state index in [0.717, 1.165) is 24.8 Å². The van der Waals surface area contributed by atoms with Crippen molar-refractivity contribution in [1.29, 1.82) is 0 Å². The van der Waals surface area contributed by atoms with Crippen molar-refractivity contribution in [2.75, 3.05) is 18.0 Å². The molecule has 18 heavy (non-hydrogen) atoms. The molecular weight excluding hydrogens is 242 g/mol. The summed E-state index contributed by atoms with van der Waals surface area (Å²) in [6.07, 6.45) is 10.2. The molecule has 1 unspecified atom stereocenters. The van der Waals surface area contributed by atoms with Gasteiger partial charge >= 0.3 is 0 Å². The van der Waals surface area contributed by atoms with Gasteiger partial charge in [-0.05, 0) is 33.1 Å². The molecular formula is C14H23N3S. The number of rotatable bonds is 6. The molecule has 2 rings (SSSR count). The minimum Gasteiger partial charge on any atom is -0.349 e. The first-order valence-electron chi connectivity index (χ1n) is 6.91. The van der Waals surface area contributed by atoms with Gasteiger partial charge in [0.1, 0.15) is 0 Å². The van der Waals surface area contributed by atoms with Gasteiger partial charge in [-0.15, -0.1) is 11.3 Å². The third-order valence-corrected chi connectivity index (χ3v) is 4.47. The predicted molar refractivity (Wildman–Crippen MR) is 79.3 cm³/mol. The van der Waals surface area contributed by atoms with Gasteiger partial charge in [0.2, 0.25) is 0 Å². The summed E-state index contributed by atoms with van der Waals surface area (Å²) in [5, 5.41) is 4.78. The molecule has 1 heterocycles. The number of allylic oxidation sites excluding steroid dienone is 1. The number of nitrogens with one attached hydrogen (secondary N) is 1. The van der Waals surface area contributed by atoms with Crippen LogP contribution in [0.1, 0.15) is 38.0 Å². The van der Waals surface area contributed by atoms with E-state index in [-0.39, 0.29) is 0 Å². The van der Waals surface area contributed by atoms with Crippen LogP contribution >= 0.6 is 11.3 Å². The molecule has 0 spiro atoms. The van der Waals surface area contributed by atoms with Crippen molar-refractivity contribution >= 4 is 16.5 Å². The van der Waals surface area contributed by atoms with E-state index < -0.39 is 0 Å². The number of anilines is 1. The smallest absolute Gasteiger partial charge is 0.185 e. The van der Waals surface area contributed by atoms with Crippen LogP contribution in [0.3, 0.4) is 0 Å². The quantitative estimate of drug-likeness (QED) is 0.801. The van der Waals surface area contributed by atoms with Gasteiger partial charge in [0.25, 0.3) is 0 Å². The normalized spacial score (nSPS) is 19.1. The highest BCUT2D eigenvalue weighted by atomic mass is 32.1. The molecule has 0 fully saturated rings. The first-order chi connectivity index (χ1) is 8.83. The average Bonchev–Trinajstić information content (AvgIpc) is 2.88. The molecule has 0 aromatic carbocycles. The van der Waals surface area contributed by atoms with Gasteiger partial charge < -0.3 is 10.2 Å². The third kappa shape index (κ3) is 3.56. The van der Waals surface area contributed by atoms with Gasteiger partial charge in [-0.3, -0.25) is 0 Å². The molecule has 1 aromatic rings. The summed E-state index contributed by atoms with van der Waals surface area (Å²) < 4.78 is 0. The average molecular weight is 265 g/mol. The number of hydrogen-bond acceptors (Lipinski definition) is 4. The Hall–Kier alpha value is -0.870. The fourth-order valence-electron chi connectivity index (χ4n) is 2.24. The molecule has 0 saturated carbocycles. The highest BCUT2D eigenvalue weighted by Crippen LogP contribution is 2.22. The lowest BCUT2D eigenvalue weighted by Gasteiger charge is -2.19. The summed E-state index contributed by atoms with van der Waals surface area (Å²) in [6.45, 7) is 7.38. The van der Waals surface area contributed by atoms with Crippen LogP contribution in [0.4, 0.5) is 5.13 Å². The maximum absolute atomic E-state index is 4.51. The van der Waals surface area contributed by atoms with Crippen LogP contribution in [0.5, 0.6) is 0 Å². The van der Waals surface area contributed by atoms with Crippen molar-refractivity contribution in [1.82, 2.24) is 10.3 Å². The fraction of sp³-hybridized carbons (Fsp3) is 0.643. The summed E-state index contributed by atoms with van der Waals surface area (Å²) in [5.41, 5.74) is 0. The maximum atomic E-state index is 4.51. The van der Waals surface area contributed by atoms with Crippen LogP contribution < -0.4 is 10.2 Å². The molecule has 0 radical (unpaired) electrons. The Morgan fingerprint density at radius 1 is 1.39 bits per heavy atom. The Bertz CT molecular complexity index is 382. The molecule has 0 aliphatic heterocycles. The number of nitrogens with zero attached hydrogens (tertiary/aromatic N) is 2. The van der Waals surface area contributed by atoms with E-state index in [1.165, 1.54) is 24.1 Å². The van der Waals surface area contributed by atoms with E-state index in [0.29, 0.717) is 6.04 Å². The van der Waals surface area contributed by atoms with Gasteiger partial charge in [-0.2, -0.15) is 0 Å². The summed E-state index contributed by atoms with van der Waals surface area (Å²) >= 11 is 1.81. The SMILES string of the molecule is CCN(CC)c1ncc(CNC2CC=CCC2)s1. The molecule has 3 nitrogen and oxygen atoms in total. The first-order valence-corrected chi connectivity index (χ1v) is 7.73. The minimum absolute atomic E-state index is 0.647. The van der Waals surface area contributed by atoms with Crippen LogP contribution in [0, 0.1) is 0 Å². The van der Waals surface area contributed by atoms with E-state index in [1.54, 1.807) is 0 Å². The van der Waals surface area contributed by atoms with E-state index in [1.807, 2.05) is 17.5 Å². The topological polar surface area (TPSA) is 28.2 Å². The molecule has 1 aromatic heterocycles. The molecule has 1 aliphatic rings. The number of aromatic nitrogens is 1. The van der Waals surface area contributed by atoms with Crippen LogP contribution in [-0.4, -0.2) is 24.1 Å². The van der Waals surface area contributed by atoms with E-state index >= 15 is 0 Å². The van der Waals surface area contributed by atoms with Crippen LogP contribution in [0.25, 0.3) is 0 Å². The lowest BCUT2D eigenvalue weighted by molar-refractivity contribution is 0.476. The van der Waals surface area contributed by atoms with Crippen molar-refractivity contribution in [2.45, 2.75) is 45.7 Å². The Kier molecular flexibility index (Phi) is 5.20. The van der Waals surface area contributed by atoms with Crippen LogP contribution in [0.2, 0.25) is 0 Å². The largest absolute Gasteiger partial charge is 0.349 e. The summed E-state index contributed by atoms with van der Waals surface area (Å²) in [6, 6.07) is 0.647. The predicted octanol–water partition coefficient (Wildman–Crippen LogP) is 3.19. The second-order valence-corrected chi connectivity index (χ2v) is 5.74. The number of hydrogen-bond donors (Lipinski definition) is 1. The maximum Gasteiger partial charge on any atom is 0.185 e. The van der Waals surface area contributed by atoms with Crippen LogP contribution in [-0.2, 0) is 6.54 Å². The second-order valence-electron chi connectivity index (χ2n) is 4.64. The van der Waals surface area contributed by atoms with Gasteiger partial charge in [-0.25, -0.2) is 4.98 Å². The minimum atomic E-state index is 0.647. The zero-order valence-corrected chi connectivity index (χ0v) is 12.2. The molecule has 100 valence electrons. The molecule has 0 bridgehead atoms. The summed E-state index contributed by atoms with van der Waals surface area (Å²) in [4.78, 5) is 8.15. The molecule has 1 atom stereocenters. The lowest BCUT2D eigenvalue weighted by Crippen LogP contribution is -2.28. The molecule has 1 N–H and O–H groups in total. The van der Waals surface area contributed by atoms with Gasteiger partial charge in [0, 0.05) is 36.8 Å². The number of thiazole rings is 1. The first kappa shape index (κ1) is 13.6. The molecule has 0 amide bonds. The van der Waals surface area contributed by atoms with Crippen molar-refractivity contribution in [2.24, 2.45) is 0 Å². The zero-order valence-electron chi connectivity index (χ0n) is 11.4. The Balaban J connectivity index is 1.84. The van der Waals surface area contributed by atoms with Gasteiger partial charge in [0.05, 0.1) is 0 Å². The highest BCUT2D eigenvalue weighted by Gasteiger charge is 2.11. The fourth-order valence-corrected chi connectivity index (χ4v) is 3.23. The molecule has 0 saturated heterocycles. The Labute approximate surface area is 114 Å². The third-order valence-electron chi connectivity index (χ3n) is 3.41. The van der Waals surface area contributed by atoms with Gasteiger partial charge in [0.15, 0.2) is 5.13 Å². The van der Waals surface area contributed by atoms with E-state index in [2.05, 4.69) is 41.2 Å².